The van der Waals surface area contributed by atoms with Gasteiger partial charge in [-0.2, -0.15) is 0 Å². The van der Waals surface area contributed by atoms with Gasteiger partial charge < -0.3 is 75.5 Å². The number of aliphatic hydroxyl groups excluding tert-OH is 1. The standard InChI is InChI=1S/C81H140N12O16S/c1-27-58-72(100)93(26)78(110-43-37-31-36-42-108-79(106)57-39-33-30-34-40-57)77(105)88(21)60(45-49(4)5)69(97)86-63(52(10)11)75(103)87(20)59(44-48(2)3)68(96)83-55(15)67(95)84-56(16)71(99)89(22)61(46-50(6)7)73(101)90(23)62(47-51(8)9)74(102)91(24)64(53(12)13)76(104)92(25)65(70(98)85-58)66(94)54(14)38-32-28-29-35-41-82-80(107)109-81(17,18)19/h30,33-34,39-40,48-56,58-66,78,94H,27-29,31-32,35-38,41-47H2,1-26H3,(H,82,107)(H,83,96)(H,84,95)(H,85,98)(H,86,97)/t54-,55-,56+,58+,59-,60+,61+,62+,63-,64+,65+,66-,78-/m1/s1. The number of amides is 12. The fraction of sp³-hybridized carbons (Fsp3) is 0.765. The van der Waals surface area contributed by atoms with E-state index < -0.39 is 172 Å². The summed E-state index contributed by atoms with van der Waals surface area (Å²) < 4.78 is 10.9. The van der Waals surface area contributed by atoms with Crippen molar-refractivity contribution >= 4 is 88.8 Å². The monoisotopic (exact) mass is 1570 g/mol. The third-order valence-corrected chi connectivity index (χ3v) is 21.4. The van der Waals surface area contributed by atoms with Crippen LogP contribution in [0.1, 0.15) is 225 Å². The van der Waals surface area contributed by atoms with Gasteiger partial charge >= 0.3 is 12.1 Å². The summed E-state index contributed by atoms with van der Waals surface area (Å²) in [4.78, 5) is 200. The highest BCUT2D eigenvalue weighted by Crippen LogP contribution is 2.29. The Morgan fingerprint density at radius 1 is 0.491 bits per heavy atom. The Hall–Kier alpha value is -7.56. The molecule has 29 heteroatoms. The van der Waals surface area contributed by atoms with Crippen molar-refractivity contribution in [2.24, 2.45) is 41.4 Å². The van der Waals surface area contributed by atoms with Crippen LogP contribution in [-0.4, -0.2) is 262 Å². The highest BCUT2D eigenvalue weighted by atomic mass is 32.2. The number of likely N-dealkylation sites (N-methyl/N-ethyl adjacent to an activating group) is 7. The van der Waals surface area contributed by atoms with Crippen LogP contribution < -0.4 is 26.6 Å². The summed E-state index contributed by atoms with van der Waals surface area (Å²) in [7, 11) is 9.95. The van der Waals surface area contributed by atoms with Gasteiger partial charge in [0, 0.05) is 55.9 Å². The zero-order valence-corrected chi connectivity index (χ0v) is 72.1. The number of hydrogen-bond acceptors (Lipinski definition) is 17. The molecule has 1 aliphatic rings. The van der Waals surface area contributed by atoms with Crippen LogP contribution in [0, 0.1) is 41.4 Å². The molecule has 1 aromatic rings. The maximum atomic E-state index is 15.7. The summed E-state index contributed by atoms with van der Waals surface area (Å²) in [5.41, 5.74) is -0.268. The molecule has 110 heavy (non-hydrogen) atoms. The first-order chi connectivity index (χ1) is 51.1. The van der Waals surface area contributed by atoms with Gasteiger partial charge in [-0.1, -0.05) is 134 Å². The summed E-state index contributed by atoms with van der Waals surface area (Å²) in [5.74, 6) is -10.7. The van der Waals surface area contributed by atoms with Crippen LogP contribution in [0.4, 0.5) is 4.79 Å². The Morgan fingerprint density at radius 2 is 0.955 bits per heavy atom. The van der Waals surface area contributed by atoms with Gasteiger partial charge in [0.25, 0.3) is 5.91 Å². The second-order valence-corrected chi connectivity index (χ2v) is 34.6. The van der Waals surface area contributed by atoms with E-state index in [1.165, 1.54) is 92.6 Å². The third-order valence-electron chi connectivity index (χ3n) is 20.0. The van der Waals surface area contributed by atoms with E-state index in [4.69, 9.17) is 9.47 Å². The van der Waals surface area contributed by atoms with Gasteiger partial charge in [-0.05, 0) is 158 Å². The Kier molecular flexibility index (Phi) is 42.2. The van der Waals surface area contributed by atoms with E-state index in [2.05, 4.69) is 26.6 Å². The Labute approximate surface area is 661 Å². The predicted molar refractivity (Wildman–Crippen MR) is 428 cm³/mol. The zero-order chi connectivity index (χ0) is 84.1. The molecular formula is C81H140N12O16S. The van der Waals surface area contributed by atoms with Gasteiger partial charge in [0.05, 0.1) is 18.3 Å². The molecule has 6 N–H and O–H groups in total. The van der Waals surface area contributed by atoms with Gasteiger partial charge in [0.2, 0.25) is 59.1 Å². The summed E-state index contributed by atoms with van der Waals surface area (Å²) in [6.45, 7) is 33.8. The average Bonchev–Trinajstić information content (AvgIpc) is 1.27. The molecule has 13 atom stereocenters. The maximum Gasteiger partial charge on any atom is 0.407 e. The van der Waals surface area contributed by atoms with Gasteiger partial charge in [-0.15, -0.1) is 11.8 Å². The van der Waals surface area contributed by atoms with Crippen LogP contribution in [0.25, 0.3) is 0 Å². The number of ether oxygens (including phenoxy) is 2. The van der Waals surface area contributed by atoms with Gasteiger partial charge in [-0.3, -0.25) is 52.7 Å². The summed E-state index contributed by atoms with van der Waals surface area (Å²) in [5, 5.41) is 25.3. The van der Waals surface area contributed by atoms with Crippen molar-refractivity contribution in [3.63, 3.8) is 0 Å². The smallest absolute Gasteiger partial charge is 0.407 e. The molecule has 28 nitrogen and oxygen atoms in total. The SMILES string of the molecule is CC[C@@H]1NC(=O)[C@H]([C@H](O)[C@H](C)CCCCCCNC(=O)OC(C)(C)C)N(C)C(=O)[C@H](C(C)C)N(C)C(=O)[C@H](CC(C)C)N(C)C(=O)[C@H](CC(C)C)N(C)C(=O)[C@H](C)NC(=O)[C@@H](C)NC(=O)[C@@H](CC(C)C)N(C)C(=O)[C@@H](C(C)C)NC(=O)[C@H](CC(C)C)N(C)C(=O)[C@@H](SCCCCCOC(=O)c2ccccc2)N(C)C1=O. The number of aliphatic hydroxyl groups is 1. The zero-order valence-electron chi connectivity index (χ0n) is 71.3. The first kappa shape index (κ1) is 98.5. The predicted octanol–water partition coefficient (Wildman–Crippen LogP) is 7.86. The topological polar surface area (TPSA) is 343 Å². The number of alkyl carbamates (subject to hydrolysis) is 1. The average molecular weight is 1570 g/mol. The molecule has 0 spiro atoms. The molecule has 1 aromatic carbocycles. The van der Waals surface area contributed by atoms with Crippen molar-refractivity contribution in [2.75, 3.05) is 68.2 Å². The van der Waals surface area contributed by atoms with Crippen molar-refractivity contribution in [3.05, 3.63) is 35.9 Å². The molecule has 2 rings (SSSR count). The van der Waals surface area contributed by atoms with Gasteiger partial charge in [0.15, 0.2) is 5.37 Å². The number of carbonyl (C=O) groups excluding carboxylic acids is 13. The lowest BCUT2D eigenvalue weighted by molar-refractivity contribution is -0.157. The van der Waals surface area contributed by atoms with Gasteiger partial charge in [0.1, 0.15) is 66.0 Å². The van der Waals surface area contributed by atoms with E-state index in [1.807, 2.05) is 55.4 Å². The van der Waals surface area contributed by atoms with Crippen LogP contribution in [0.3, 0.4) is 0 Å². The molecular weight excluding hydrogens is 1430 g/mol. The molecule has 0 bridgehead atoms. The Bertz CT molecular complexity index is 3170. The molecule has 0 aromatic heterocycles. The first-order valence-electron chi connectivity index (χ1n) is 39.7. The van der Waals surface area contributed by atoms with Crippen LogP contribution >= 0.6 is 11.8 Å². The number of benzene rings is 1. The highest BCUT2D eigenvalue weighted by Gasteiger charge is 2.47. The molecule has 626 valence electrons. The van der Waals surface area contributed by atoms with Crippen molar-refractivity contribution in [3.8, 4) is 0 Å². The van der Waals surface area contributed by atoms with Crippen molar-refractivity contribution in [2.45, 2.75) is 293 Å². The quantitative estimate of drug-likeness (QED) is 0.0343. The molecule has 1 saturated heterocycles. The number of nitrogens with zero attached hydrogens (tertiary/aromatic N) is 7. The molecule has 1 heterocycles. The second kappa shape index (κ2) is 47.1. The first-order valence-corrected chi connectivity index (χ1v) is 40.8. The number of hydrogen-bond donors (Lipinski definition) is 6. The number of unbranched alkanes of at least 4 members (excludes halogenated alkanes) is 5. The normalized spacial score (nSPS) is 24.1. The molecule has 0 saturated carbocycles. The molecule has 1 aliphatic heterocycles. The third kappa shape index (κ3) is 30.8. The molecule has 12 amide bonds. The molecule has 0 radical (unpaired) electrons. The van der Waals surface area contributed by atoms with Crippen LogP contribution in [0.2, 0.25) is 0 Å². The molecule has 0 unspecified atom stereocenters. The van der Waals surface area contributed by atoms with E-state index in [1.54, 1.807) is 92.6 Å². The van der Waals surface area contributed by atoms with Crippen molar-refractivity contribution in [1.82, 2.24) is 60.9 Å². The van der Waals surface area contributed by atoms with E-state index in [9.17, 15) is 33.9 Å². The minimum atomic E-state index is -1.71. The van der Waals surface area contributed by atoms with Crippen LogP contribution in [-0.2, 0) is 62.2 Å². The summed E-state index contributed by atoms with van der Waals surface area (Å²) in [6, 6.07) is -4.48. The fourth-order valence-electron chi connectivity index (χ4n) is 13.4. The number of nitrogens with one attached hydrogen (secondary N) is 5. The Balaban J connectivity index is 3.07. The maximum absolute atomic E-state index is 15.7. The largest absolute Gasteiger partial charge is 0.462 e. The van der Waals surface area contributed by atoms with E-state index in [0.717, 1.165) is 16.7 Å². The minimum absolute atomic E-state index is 0.0572. The van der Waals surface area contributed by atoms with Crippen molar-refractivity contribution < 1.29 is 76.9 Å². The van der Waals surface area contributed by atoms with E-state index >= 15 is 33.6 Å². The lowest BCUT2D eigenvalue weighted by Gasteiger charge is -2.41. The lowest BCUT2D eigenvalue weighted by Crippen LogP contribution is -2.64. The fourth-order valence-corrected chi connectivity index (χ4v) is 14.6. The van der Waals surface area contributed by atoms with Crippen LogP contribution in [0.5, 0.6) is 0 Å². The number of thioether (sulfide) groups is 1. The minimum Gasteiger partial charge on any atom is -0.462 e. The Morgan fingerprint density at radius 3 is 1.46 bits per heavy atom. The summed E-state index contributed by atoms with van der Waals surface area (Å²) >= 11 is 1.11. The number of esters is 1. The molecule has 0 aliphatic carbocycles. The number of rotatable bonds is 28. The lowest BCUT2D eigenvalue weighted by atomic mass is 9.90. The second-order valence-electron chi connectivity index (χ2n) is 33.4. The van der Waals surface area contributed by atoms with Gasteiger partial charge in [-0.25, -0.2) is 9.59 Å². The molecule has 1 fully saturated rings. The van der Waals surface area contributed by atoms with E-state index in [-0.39, 0.29) is 68.1 Å². The van der Waals surface area contributed by atoms with Crippen LogP contribution in [0.15, 0.2) is 30.3 Å². The van der Waals surface area contributed by atoms with E-state index in [0.29, 0.717) is 63.5 Å². The summed E-state index contributed by atoms with van der Waals surface area (Å²) in [6.07, 6.45) is 2.69. The number of carbonyl (C=O) groups is 13. The van der Waals surface area contributed by atoms with Crippen molar-refractivity contribution in [1.29, 1.82) is 0 Å². The highest BCUT2D eigenvalue weighted by molar-refractivity contribution is 8.00.